The maximum absolute atomic E-state index is 13.0. The summed E-state index contributed by atoms with van der Waals surface area (Å²) in [5.74, 6) is -0.434. The Morgan fingerprint density at radius 2 is 0.962 bits per heavy atom. The van der Waals surface area contributed by atoms with Crippen molar-refractivity contribution in [2.45, 2.75) is 9.79 Å². The van der Waals surface area contributed by atoms with Gasteiger partial charge in [0.15, 0.2) is 0 Å². The Kier molecular flexibility index (Phi) is 3.19. The summed E-state index contributed by atoms with van der Waals surface area (Å²) in [5.41, 5.74) is 0. The molecule has 2 aromatic carbocycles. The van der Waals surface area contributed by atoms with E-state index in [2.05, 4.69) is 0 Å². The van der Waals surface area contributed by atoms with Crippen LogP contribution in [0.5, 0.6) is 0 Å². The van der Waals surface area contributed by atoms with Crippen LogP contribution in [0.4, 0.5) is 0 Å². The van der Waals surface area contributed by atoms with Gasteiger partial charge in [-0.15, -0.1) is 0 Å². The van der Waals surface area contributed by atoms with Crippen molar-refractivity contribution in [1.82, 2.24) is 0 Å². The second-order valence-corrected chi connectivity index (χ2v) is 10.9. The van der Waals surface area contributed by atoms with E-state index < -0.39 is 19.7 Å². The molecule has 4 nitrogen and oxygen atoms in total. The molecule has 5 rings (SSSR count). The number of benzene rings is 2. The molecule has 2 unspecified atom stereocenters. The molecule has 0 aliphatic heterocycles. The van der Waals surface area contributed by atoms with E-state index in [1.165, 1.54) is 0 Å². The van der Waals surface area contributed by atoms with Crippen molar-refractivity contribution in [3.8, 4) is 0 Å². The smallest absolute Gasteiger partial charge is 0.202 e. The fourth-order valence-electron chi connectivity index (χ4n) is 4.43. The quantitative estimate of drug-likeness (QED) is 0.812. The van der Waals surface area contributed by atoms with Crippen LogP contribution in [-0.2, 0) is 19.7 Å². The zero-order valence-corrected chi connectivity index (χ0v) is 15.3. The second kappa shape index (κ2) is 5.18. The summed E-state index contributed by atoms with van der Waals surface area (Å²) in [5, 5.41) is 0. The molecule has 2 aromatic rings. The van der Waals surface area contributed by atoms with E-state index in [0.717, 1.165) is 0 Å². The first-order chi connectivity index (χ1) is 12.4. The largest absolute Gasteiger partial charge is 0.219 e. The van der Waals surface area contributed by atoms with Crippen LogP contribution < -0.4 is 0 Å². The lowest BCUT2D eigenvalue weighted by molar-refractivity contribution is 0.594. The van der Waals surface area contributed by atoms with Crippen LogP contribution >= 0.6 is 0 Å². The van der Waals surface area contributed by atoms with Gasteiger partial charge in [0.1, 0.15) is 0 Å². The lowest BCUT2D eigenvalue weighted by Crippen LogP contribution is -2.10. The number of hydrogen-bond acceptors (Lipinski definition) is 4. The second-order valence-electron chi connectivity index (χ2n) is 6.98. The summed E-state index contributed by atoms with van der Waals surface area (Å²) >= 11 is 0. The van der Waals surface area contributed by atoms with Crippen molar-refractivity contribution < 1.29 is 16.8 Å². The van der Waals surface area contributed by atoms with Gasteiger partial charge in [0, 0.05) is 27.6 Å². The minimum atomic E-state index is -3.57. The van der Waals surface area contributed by atoms with Crippen LogP contribution in [0.15, 0.2) is 92.4 Å². The number of fused-ring (bicyclic) bond motifs is 1. The summed E-state index contributed by atoms with van der Waals surface area (Å²) in [6, 6.07) is 16.7. The minimum absolute atomic E-state index is 0.0805. The molecule has 0 aromatic heterocycles. The summed E-state index contributed by atoms with van der Waals surface area (Å²) < 4.78 is 51.9. The Bertz CT molecular complexity index is 1070. The summed E-state index contributed by atoms with van der Waals surface area (Å²) in [7, 11) is -7.15. The summed E-state index contributed by atoms with van der Waals surface area (Å²) in [6.45, 7) is 0. The SMILES string of the molecule is O=S(=O)(C1=CC2C=C(S(=O)(=O)c3ccccc3)C3C1C23)c1ccccc1. The molecule has 3 aliphatic rings. The Balaban J connectivity index is 1.50. The van der Waals surface area contributed by atoms with Gasteiger partial charge in [0.05, 0.1) is 9.79 Å². The number of rotatable bonds is 4. The normalized spacial score (nSPS) is 29.1. The molecule has 0 bridgehead atoms. The van der Waals surface area contributed by atoms with Gasteiger partial charge in [0.2, 0.25) is 19.7 Å². The van der Waals surface area contributed by atoms with Crippen LogP contribution in [0.25, 0.3) is 0 Å². The molecule has 0 spiro atoms. The predicted octanol–water partition coefficient (Wildman–Crippen LogP) is 3.21. The minimum Gasteiger partial charge on any atom is -0.219 e. The zero-order chi connectivity index (χ0) is 18.1. The van der Waals surface area contributed by atoms with E-state index in [0.29, 0.717) is 9.81 Å². The molecule has 1 saturated carbocycles. The lowest BCUT2D eigenvalue weighted by Gasteiger charge is -2.09. The standard InChI is InChI=1S/C20H16O4S2/c21-25(22,14-7-3-1-4-8-14)16-11-13-12-17(20-18(13)19(16)20)26(23,24)15-9-5-2-6-10-15/h1-13,18-20H. The Morgan fingerprint density at radius 3 is 1.31 bits per heavy atom. The van der Waals surface area contributed by atoms with Crippen LogP contribution in [0.3, 0.4) is 0 Å². The molecule has 0 radical (unpaired) electrons. The molecule has 132 valence electrons. The van der Waals surface area contributed by atoms with Crippen LogP contribution in [-0.4, -0.2) is 16.8 Å². The highest BCUT2D eigenvalue weighted by atomic mass is 32.2. The first-order valence-electron chi connectivity index (χ1n) is 8.46. The van der Waals surface area contributed by atoms with Crippen molar-refractivity contribution in [2.75, 3.05) is 0 Å². The molecule has 0 heterocycles. The van der Waals surface area contributed by atoms with Crippen molar-refractivity contribution in [1.29, 1.82) is 0 Å². The summed E-state index contributed by atoms with van der Waals surface area (Å²) in [4.78, 5) is 1.31. The average molecular weight is 384 g/mol. The molecule has 0 amide bonds. The molecule has 3 aliphatic carbocycles. The van der Waals surface area contributed by atoms with Crippen molar-refractivity contribution in [3.63, 3.8) is 0 Å². The third-order valence-electron chi connectivity index (χ3n) is 5.62. The highest BCUT2D eigenvalue weighted by Gasteiger charge is 2.67. The molecular formula is C20H16O4S2. The van der Waals surface area contributed by atoms with E-state index in [1.807, 2.05) is 0 Å². The Hall–Kier alpha value is -2.18. The fourth-order valence-corrected chi connectivity index (χ4v) is 8.00. The van der Waals surface area contributed by atoms with E-state index in [9.17, 15) is 16.8 Å². The first-order valence-corrected chi connectivity index (χ1v) is 11.4. The average Bonchev–Trinajstić information content (AvgIpc) is 3.13. The van der Waals surface area contributed by atoms with Gasteiger partial charge in [0.25, 0.3) is 0 Å². The van der Waals surface area contributed by atoms with E-state index in [4.69, 9.17) is 0 Å². The molecule has 6 heteroatoms. The van der Waals surface area contributed by atoms with Crippen molar-refractivity contribution >= 4 is 19.7 Å². The monoisotopic (exact) mass is 384 g/mol. The number of allylic oxidation sites excluding steroid dienone is 4. The number of sulfone groups is 2. The highest BCUT2D eigenvalue weighted by molar-refractivity contribution is 7.96. The third kappa shape index (κ3) is 2.06. The number of hydrogen-bond donors (Lipinski definition) is 0. The van der Waals surface area contributed by atoms with Gasteiger partial charge in [-0.25, -0.2) is 16.8 Å². The molecule has 0 N–H and O–H groups in total. The first kappa shape index (κ1) is 16.0. The maximum atomic E-state index is 13.0. The topological polar surface area (TPSA) is 68.3 Å². The molecule has 0 saturated heterocycles. The predicted molar refractivity (Wildman–Crippen MR) is 97.4 cm³/mol. The van der Waals surface area contributed by atoms with Gasteiger partial charge in [-0.1, -0.05) is 48.6 Å². The van der Waals surface area contributed by atoms with E-state index >= 15 is 0 Å². The van der Waals surface area contributed by atoms with Gasteiger partial charge in [-0.05, 0) is 30.2 Å². The summed E-state index contributed by atoms with van der Waals surface area (Å²) in [6.07, 6.45) is 3.50. The molecule has 26 heavy (non-hydrogen) atoms. The molecule has 1 fully saturated rings. The van der Waals surface area contributed by atoms with Gasteiger partial charge in [-0.2, -0.15) is 0 Å². The van der Waals surface area contributed by atoms with Gasteiger partial charge in [-0.3, -0.25) is 0 Å². The van der Waals surface area contributed by atoms with Gasteiger partial charge >= 0.3 is 0 Å². The van der Waals surface area contributed by atoms with Crippen LogP contribution in [0.2, 0.25) is 0 Å². The van der Waals surface area contributed by atoms with E-state index in [1.54, 1.807) is 72.8 Å². The van der Waals surface area contributed by atoms with Crippen LogP contribution in [0.1, 0.15) is 0 Å². The maximum Gasteiger partial charge on any atom is 0.202 e. The van der Waals surface area contributed by atoms with Crippen molar-refractivity contribution in [2.24, 2.45) is 23.7 Å². The highest BCUT2D eigenvalue weighted by Crippen LogP contribution is 2.70. The molecule has 2 atom stereocenters. The Morgan fingerprint density at radius 1 is 0.577 bits per heavy atom. The van der Waals surface area contributed by atoms with Gasteiger partial charge < -0.3 is 0 Å². The Labute approximate surface area is 152 Å². The molecular weight excluding hydrogens is 368 g/mol. The third-order valence-corrected chi connectivity index (χ3v) is 9.46. The fraction of sp³-hybridized carbons (Fsp3) is 0.200. The van der Waals surface area contributed by atoms with E-state index in [-0.39, 0.29) is 33.5 Å². The van der Waals surface area contributed by atoms with Crippen molar-refractivity contribution in [3.05, 3.63) is 82.6 Å². The lowest BCUT2D eigenvalue weighted by atomic mass is 10.1. The zero-order valence-electron chi connectivity index (χ0n) is 13.7. The van der Waals surface area contributed by atoms with Crippen LogP contribution in [0, 0.1) is 23.7 Å².